The van der Waals surface area contributed by atoms with Crippen molar-refractivity contribution in [2.45, 2.75) is 6.61 Å². The maximum atomic E-state index is 13.0. The van der Waals surface area contributed by atoms with E-state index in [1.807, 2.05) is 0 Å². The standard InChI is InChI=1S/C18H14ClFN2O5/c1-24-14-8-11(7-13(19)16(14)25-2)18(23)26-9-15-21-17(22-27-15)10-3-5-12(20)6-4-10/h3-8H,9H2,1-2H3. The fourth-order valence-electron chi connectivity index (χ4n) is 2.28. The third kappa shape index (κ3) is 4.17. The number of benzene rings is 2. The van der Waals surface area contributed by atoms with Gasteiger partial charge in [-0.2, -0.15) is 4.98 Å². The zero-order valence-corrected chi connectivity index (χ0v) is 15.1. The van der Waals surface area contributed by atoms with Crippen molar-refractivity contribution in [3.8, 4) is 22.9 Å². The minimum atomic E-state index is -0.653. The Bertz CT molecular complexity index is 959. The molecule has 0 N–H and O–H groups in total. The Kier molecular flexibility index (Phi) is 5.56. The monoisotopic (exact) mass is 392 g/mol. The van der Waals surface area contributed by atoms with Crippen LogP contribution >= 0.6 is 11.6 Å². The number of aromatic nitrogens is 2. The molecule has 0 aliphatic heterocycles. The smallest absolute Gasteiger partial charge is 0.338 e. The summed E-state index contributed by atoms with van der Waals surface area (Å²) in [5, 5.41) is 3.98. The SMILES string of the molecule is COc1cc(C(=O)OCc2nc(-c3ccc(F)cc3)no2)cc(Cl)c1OC. The van der Waals surface area contributed by atoms with E-state index in [2.05, 4.69) is 10.1 Å². The summed E-state index contributed by atoms with van der Waals surface area (Å²) in [4.78, 5) is 16.3. The van der Waals surface area contributed by atoms with Gasteiger partial charge in [0.25, 0.3) is 5.89 Å². The van der Waals surface area contributed by atoms with E-state index in [1.54, 1.807) is 0 Å². The van der Waals surface area contributed by atoms with Crippen LogP contribution in [0.4, 0.5) is 4.39 Å². The van der Waals surface area contributed by atoms with Gasteiger partial charge in [0.2, 0.25) is 5.82 Å². The second-order valence-electron chi connectivity index (χ2n) is 5.29. The minimum absolute atomic E-state index is 0.0919. The number of ether oxygens (including phenoxy) is 3. The van der Waals surface area contributed by atoms with Gasteiger partial charge in [0.15, 0.2) is 18.1 Å². The van der Waals surface area contributed by atoms with Gasteiger partial charge >= 0.3 is 5.97 Å². The summed E-state index contributed by atoms with van der Waals surface area (Å²) >= 11 is 6.08. The van der Waals surface area contributed by atoms with Crippen LogP contribution in [0.1, 0.15) is 16.2 Å². The molecule has 0 aliphatic rings. The molecule has 3 rings (SSSR count). The number of carbonyl (C=O) groups is 1. The molecule has 9 heteroatoms. The zero-order chi connectivity index (χ0) is 19.4. The van der Waals surface area contributed by atoms with Crippen molar-refractivity contribution in [1.29, 1.82) is 0 Å². The third-order valence-corrected chi connectivity index (χ3v) is 3.85. The first kappa shape index (κ1) is 18.7. The van der Waals surface area contributed by atoms with E-state index in [0.29, 0.717) is 17.1 Å². The van der Waals surface area contributed by atoms with Crippen molar-refractivity contribution in [2.75, 3.05) is 14.2 Å². The summed E-state index contributed by atoms with van der Waals surface area (Å²) in [6, 6.07) is 8.45. The molecule has 0 radical (unpaired) electrons. The molecule has 0 saturated heterocycles. The number of methoxy groups -OCH3 is 2. The summed E-state index contributed by atoms with van der Waals surface area (Å²) in [6.07, 6.45) is 0. The highest BCUT2D eigenvalue weighted by Crippen LogP contribution is 2.36. The Morgan fingerprint density at radius 3 is 2.59 bits per heavy atom. The molecule has 0 atom stereocenters. The van der Waals surface area contributed by atoms with Gasteiger partial charge in [0.1, 0.15) is 5.82 Å². The number of hydrogen-bond donors (Lipinski definition) is 0. The first-order chi connectivity index (χ1) is 13.0. The highest BCUT2D eigenvalue weighted by atomic mass is 35.5. The average molecular weight is 393 g/mol. The molecule has 1 heterocycles. The number of nitrogens with zero attached hydrogens (tertiary/aromatic N) is 2. The van der Waals surface area contributed by atoms with Gasteiger partial charge in [0.05, 0.1) is 24.8 Å². The van der Waals surface area contributed by atoms with Crippen LogP contribution < -0.4 is 9.47 Å². The van der Waals surface area contributed by atoms with Gasteiger partial charge in [-0.1, -0.05) is 16.8 Å². The van der Waals surface area contributed by atoms with Gasteiger partial charge in [-0.05, 0) is 36.4 Å². The van der Waals surface area contributed by atoms with Gasteiger partial charge in [-0.25, -0.2) is 9.18 Å². The normalized spacial score (nSPS) is 10.5. The second-order valence-corrected chi connectivity index (χ2v) is 5.70. The van der Waals surface area contributed by atoms with Crippen LogP contribution in [-0.4, -0.2) is 30.3 Å². The maximum absolute atomic E-state index is 13.0. The van der Waals surface area contributed by atoms with Crippen molar-refractivity contribution >= 4 is 17.6 Å². The number of carbonyl (C=O) groups excluding carboxylic acids is 1. The molecule has 0 saturated carbocycles. The van der Waals surface area contributed by atoms with Crippen molar-refractivity contribution in [3.63, 3.8) is 0 Å². The van der Waals surface area contributed by atoms with E-state index in [0.717, 1.165) is 0 Å². The number of rotatable bonds is 6. The first-order valence-electron chi connectivity index (χ1n) is 7.69. The van der Waals surface area contributed by atoms with Crippen LogP contribution in [0.15, 0.2) is 40.9 Å². The van der Waals surface area contributed by atoms with Gasteiger partial charge in [-0.3, -0.25) is 0 Å². The van der Waals surface area contributed by atoms with E-state index >= 15 is 0 Å². The summed E-state index contributed by atoms with van der Waals surface area (Å²) in [7, 11) is 2.87. The molecule has 0 fully saturated rings. The highest BCUT2D eigenvalue weighted by molar-refractivity contribution is 6.32. The van der Waals surface area contributed by atoms with Gasteiger partial charge in [-0.15, -0.1) is 0 Å². The number of halogens is 2. The minimum Gasteiger partial charge on any atom is -0.493 e. The Hall–Kier alpha value is -3.13. The average Bonchev–Trinajstić information content (AvgIpc) is 3.15. The molecular formula is C18H14ClFN2O5. The van der Waals surface area contributed by atoms with Crippen LogP contribution in [0.25, 0.3) is 11.4 Å². The molecule has 0 aliphatic carbocycles. The van der Waals surface area contributed by atoms with Crippen LogP contribution in [0.3, 0.4) is 0 Å². The maximum Gasteiger partial charge on any atom is 0.338 e. The van der Waals surface area contributed by atoms with E-state index in [-0.39, 0.29) is 34.7 Å². The first-order valence-corrected chi connectivity index (χ1v) is 8.06. The molecule has 140 valence electrons. The molecule has 27 heavy (non-hydrogen) atoms. The fraction of sp³-hybridized carbons (Fsp3) is 0.167. The van der Waals surface area contributed by atoms with Crippen molar-refractivity contribution in [3.05, 3.63) is 58.7 Å². The topological polar surface area (TPSA) is 83.7 Å². The Morgan fingerprint density at radius 1 is 1.19 bits per heavy atom. The van der Waals surface area contributed by atoms with Gasteiger partial charge in [0, 0.05) is 5.56 Å². The summed E-state index contributed by atoms with van der Waals surface area (Å²) in [5.74, 6) is -0.0567. The van der Waals surface area contributed by atoms with Crippen LogP contribution in [-0.2, 0) is 11.3 Å². The lowest BCUT2D eigenvalue weighted by Crippen LogP contribution is -2.06. The lowest BCUT2D eigenvalue weighted by molar-refractivity contribution is 0.0429. The fourth-order valence-corrected chi connectivity index (χ4v) is 2.56. The van der Waals surface area contributed by atoms with Crippen molar-refractivity contribution in [2.24, 2.45) is 0 Å². The molecular weight excluding hydrogens is 379 g/mol. The molecule has 0 amide bonds. The predicted molar refractivity (Wildman–Crippen MR) is 93.4 cm³/mol. The Labute approximate surface area is 158 Å². The third-order valence-electron chi connectivity index (χ3n) is 3.57. The van der Waals surface area contributed by atoms with Gasteiger partial charge < -0.3 is 18.7 Å². The second kappa shape index (κ2) is 8.05. The lowest BCUT2D eigenvalue weighted by Gasteiger charge is -2.11. The molecule has 7 nitrogen and oxygen atoms in total. The zero-order valence-electron chi connectivity index (χ0n) is 14.4. The number of hydrogen-bond acceptors (Lipinski definition) is 7. The van der Waals surface area contributed by atoms with Crippen molar-refractivity contribution < 1.29 is 27.9 Å². The highest BCUT2D eigenvalue weighted by Gasteiger charge is 2.17. The van der Waals surface area contributed by atoms with Crippen LogP contribution in [0, 0.1) is 5.82 Å². The molecule has 0 unspecified atom stereocenters. The summed E-state index contributed by atoms with van der Waals surface area (Å²) in [5.41, 5.74) is 0.750. The molecule has 1 aromatic heterocycles. The van der Waals surface area contributed by atoms with Crippen LogP contribution in [0.5, 0.6) is 11.5 Å². The molecule has 2 aromatic carbocycles. The lowest BCUT2D eigenvalue weighted by atomic mass is 10.2. The van der Waals surface area contributed by atoms with E-state index in [1.165, 1.54) is 50.6 Å². The molecule has 0 bridgehead atoms. The Balaban J connectivity index is 1.69. The summed E-state index contributed by atoms with van der Waals surface area (Å²) in [6.45, 7) is -0.237. The largest absolute Gasteiger partial charge is 0.493 e. The van der Waals surface area contributed by atoms with E-state index in [9.17, 15) is 9.18 Å². The summed E-state index contributed by atoms with van der Waals surface area (Å²) < 4.78 is 33.4. The molecule has 3 aromatic rings. The van der Waals surface area contributed by atoms with E-state index < -0.39 is 5.97 Å². The quantitative estimate of drug-likeness (QED) is 0.588. The van der Waals surface area contributed by atoms with E-state index in [4.69, 9.17) is 30.3 Å². The predicted octanol–water partition coefficient (Wildman–Crippen LogP) is 3.90. The van der Waals surface area contributed by atoms with Crippen molar-refractivity contribution in [1.82, 2.24) is 10.1 Å². The molecule has 0 spiro atoms. The van der Waals surface area contributed by atoms with Crippen LogP contribution in [0.2, 0.25) is 5.02 Å². The number of esters is 1. The Morgan fingerprint density at radius 2 is 1.93 bits per heavy atom.